The van der Waals surface area contributed by atoms with E-state index >= 15 is 0 Å². The fraction of sp³-hybridized carbons (Fsp3) is 0.524. The van der Waals surface area contributed by atoms with Crippen LogP contribution in [0, 0.1) is 17.7 Å². The monoisotopic (exact) mass is 326 g/mol. The summed E-state index contributed by atoms with van der Waals surface area (Å²) in [5.41, 5.74) is 3.17. The van der Waals surface area contributed by atoms with Gasteiger partial charge in [-0.15, -0.1) is 0 Å². The predicted molar refractivity (Wildman–Crippen MR) is 96.2 cm³/mol. The molecular weight excluding hydrogens is 299 g/mol. The molecule has 0 unspecified atom stereocenters. The quantitative estimate of drug-likeness (QED) is 0.714. The number of aryl methyl sites for hydroxylation is 2. The van der Waals surface area contributed by atoms with E-state index in [4.69, 9.17) is 0 Å². The van der Waals surface area contributed by atoms with Gasteiger partial charge in [0.05, 0.1) is 11.4 Å². The molecule has 24 heavy (non-hydrogen) atoms. The summed E-state index contributed by atoms with van der Waals surface area (Å²) in [6, 6.07) is 9.34. The van der Waals surface area contributed by atoms with Crippen molar-refractivity contribution in [1.82, 2.24) is 10.2 Å². The molecule has 0 N–H and O–H groups in total. The number of rotatable bonds is 5. The molecule has 1 aliphatic rings. The highest BCUT2D eigenvalue weighted by molar-refractivity contribution is 5.59. The van der Waals surface area contributed by atoms with Crippen molar-refractivity contribution in [3.8, 4) is 11.3 Å². The van der Waals surface area contributed by atoms with Crippen molar-refractivity contribution in [2.24, 2.45) is 11.8 Å². The number of aromatic nitrogens is 2. The number of hydrogen-bond acceptors (Lipinski definition) is 2. The molecule has 1 aliphatic carbocycles. The molecule has 1 aromatic heterocycles. The Kier molecular flexibility index (Phi) is 5.60. The molecule has 0 atom stereocenters. The maximum atomic E-state index is 14.5. The van der Waals surface area contributed by atoms with Crippen LogP contribution in [0.5, 0.6) is 0 Å². The molecule has 0 bridgehead atoms. The van der Waals surface area contributed by atoms with Crippen LogP contribution < -0.4 is 0 Å². The van der Waals surface area contributed by atoms with E-state index in [0.29, 0.717) is 11.3 Å². The van der Waals surface area contributed by atoms with E-state index in [-0.39, 0.29) is 5.82 Å². The molecule has 2 nitrogen and oxygen atoms in total. The van der Waals surface area contributed by atoms with Crippen LogP contribution >= 0.6 is 0 Å². The first-order chi connectivity index (χ1) is 11.7. The Bertz CT molecular complexity index is 658. The van der Waals surface area contributed by atoms with Crippen LogP contribution in [0.4, 0.5) is 4.39 Å². The second-order valence-corrected chi connectivity index (χ2v) is 7.24. The summed E-state index contributed by atoms with van der Waals surface area (Å²) in [6.07, 6.45) is 8.36. The molecule has 3 rings (SSSR count). The summed E-state index contributed by atoms with van der Waals surface area (Å²) in [4.78, 5) is 0. The zero-order valence-electron chi connectivity index (χ0n) is 14.8. The van der Waals surface area contributed by atoms with Gasteiger partial charge in [-0.1, -0.05) is 45.6 Å². The van der Waals surface area contributed by atoms with E-state index in [1.807, 2.05) is 31.2 Å². The number of halogens is 1. The summed E-state index contributed by atoms with van der Waals surface area (Å²) >= 11 is 0. The van der Waals surface area contributed by atoms with Gasteiger partial charge in [0, 0.05) is 5.56 Å². The van der Waals surface area contributed by atoms with Crippen molar-refractivity contribution in [3.05, 3.63) is 47.4 Å². The minimum atomic E-state index is -0.191. The van der Waals surface area contributed by atoms with Gasteiger partial charge in [0.1, 0.15) is 5.82 Å². The Morgan fingerprint density at radius 3 is 2.46 bits per heavy atom. The molecule has 1 aromatic carbocycles. The molecule has 0 saturated heterocycles. The molecular formula is C21H27FN2. The van der Waals surface area contributed by atoms with E-state index in [1.54, 1.807) is 6.07 Å². The molecule has 128 valence electrons. The lowest BCUT2D eigenvalue weighted by Gasteiger charge is -2.26. The average molecular weight is 326 g/mol. The normalized spacial score (nSPS) is 21.0. The Hall–Kier alpha value is -1.77. The van der Waals surface area contributed by atoms with Gasteiger partial charge in [0.25, 0.3) is 0 Å². The Morgan fingerprint density at radius 2 is 1.83 bits per heavy atom. The van der Waals surface area contributed by atoms with E-state index in [0.717, 1.165) is 35.9 Å². The third kappa shape index (κ3) is 4.19. The van der Waals surface area contributed by atoms with E-state index < -0.39 is 0 Å². The molecule has 1 fully saturated rings. The predicted octanol–water partition coefficient (Wildman–Crippen LogP) is 5.60. The third-order valence-electron chi connectivity index (χ3n) is 5.37. The van der Waals surface area contributed by atoms with Crippen LogP contribution in [0.2, 0.25) is 0 Å². The molecule has 0 spiro atoms. The van der Waals surface area contributed by atoms with Gasteiger partial charge in [-0.2, -0.15) is 10.2 Å². The van der Waals surface area contributed by atoms with Crippen molar-refractivity contribution in [2.45, 2.75) is 58.8 Å². The largest absolute Gasteiger partial charge is 0.206 e. The summed E-state index contributed by atoms with van der Waals surface area (Å²) in [6.45, 7) is 4.38. The van der Waals surface area contributed by atoms with E-state index in [9.17, 15) is 4.39 Å². The highest BCUT2D eigenvalue weighted by Gasteiger charge is 2.18. The highest BCUT2D eigenvalue weighted by atomic mass is 19.1. The lowest BCUT2D eigenvalue weighted by Crippen LogP contribution is -2.12. The van der Waals surface area contributed by atoms with E-state index in [1.165, 1.54) is 32.1 Å². The van der Waals surface area contributed by atoms with Crippen LogP contribution in [0.3, 0.4) is 0 Å². The molecule has 3 heteroatoms. The van der Waals surface area contributed by atoms with Crippen molar-refractivity contribution in [1.29, 1.82) is 0 Å². The van der Waals surface area contributed by atoms with Gasteiger partial charge in [-0.05, 0) is 60.9 Å². The smallest absolute Gasteiger partial charge is 0.132 e. The number of benzene rings is 1. The fourth-order valence-electron chi connectivity index (χ4n) is 3.60. The lowest BCUT2D eigenvalue weighted by molar-refractivity contribution is 0.277. The van der Waals surface area contributed by atoms with Crippen LogP contribution in [-0.2, 0) is 12.8 Å². The van der Waals surface area contributed by atoms with Gasteiger partial charge in [0.2, 0.25) is 0 Å². The minimum Gasteiger partial charge on any atom is -0.206 e. The molecule has 0 aliphatic heterocycles. The number of nitrogens with zero attached hydrogens (tertiary/aromatic N) is 2. The minimum absolute atomic E-state index is 0.191. The summed E-state index contributed by atoms with van der Waals surface area (Å²) in [5, 5.41) is 8.27. The zero-order chi connectivity index (χ0) is 16.9. The van der Waals surface area contributed by atoms with Gasteiger partial charge in [0.15, 0.2) is 0 Å². The Labute approximate surface area is 144 Å². The molecule has 2 aromatic rings. The van der Waals surface area contributed by atoms with Crippen LogP contribution in [0.1, 0.15) is 57.2 Å². The molecule has 0 radical (unpaired) electrons. The van der Waals surface area contributed by atoms with Crippen molar-refractivity contribution in [2.75, 3.05) is 0 Å². The Balaban J connectivity index is 1.63. The first kappa shape index (κ1) is 17.1. The van der Waals surface area contributed by atoms with E-state index in [2.05, 4.69) is 17.1 Å². The third-order valence-corrected chi connectivity index (χ3v) is 5.37. The second kappa shape index (κ2) is 7.87. The topological polar surface area (TPSA) is 25.8 Å². The standard InChI is InChI=1S/C21H27FN2/c1-3-18-11-13-21(24-23-18)19-12-10-17(14-20(19)22)9-8-16-6-4-15(2)5-7-16/h10-16H,3-9H2,1-2H3. The Morgan fingerprint density at radius 1 is 1.04 bits per heavy atom. The fourth-order valence-corrected chi connectivity index (χ4v) is 3.60. The second-order valence-electron chi connectivity index (χ2n) is 7.24. The summed E-state index contributed by atoms with van der Waals surface area (Å²) < 4.78 is 14.5. The van der Waals surface area contributed by atoms with Gasteiger partial charge >= 0.3 is 0 Å². The summed E-state index contributed by atoms with van der Waals surface area (Å²) in [7, 11) is 0. The van der Waals surface area contributed by atoms with Gasteiger partial charge in [-0.3, -0.25) is 0 Å². The summed E-state index contributed by atoms with van der Waals surface area (Å²) in [5.74, 6) is 1.51. The van der Waals surface area contributed by atoms with Crippen molar-refractivity contribution >= 4 is 0 Å². The van der Waals surface area contributed by atoms with Crippen molar-refractivity contribution < 1.29 is 4.39 Å². The zero-order valence-corrected chi connectivity index (χ0v) is 14.8. The highest BCUT2D eigenvalue weighted by Crippen LogP contribution is 2.31. The maximum Gasteiger partial charge on any atom is 0.132 e. The lowest BCUT2D eigenvalue weighted by atomic mass is 9.80. The van der Waals surface area contributed by atoms with Crippen molar-refractivity contribution in [3.63, 3.8) is 0 Å². The van der Waals surface area contributed by atoms with Crippen LogP contribution in [0.15, 0.2) is 30.3 Å². The first-order valence-corrected chi connectivity index (χ1v) is 9.27. The first-order valence-electron chi connectivity index (χ1n) is 9.27. The number of hydrogen-bond donors (Lipinski definition) is 0. The average Bonchev–Trinajstić information content (AvgIpc) is 2.61. The molecule has 0 amide bonds. The molecule has 1 saturated carbocycles. The van der Waals surface area contributed by atoms with Crippen LogP contribution in [0.25, 0.3) is 11.3 Å². The van der Waals surface area contributed by atoms with Gasteiger partial charge < -0.3 is 0 Å². The SMILES string of the molecule is CCc1ccc(-c2ccc(CCC3CCC(C)CC3)cc2F)nn1. The van der Waals surface area contributed by atoms with Gasteiger partial charge in [-0.25, -0.2) is 4.39 Å². The molecule has 1 heterocycles. The maximum absolute atomic E-state index is 14.5. The van der Waals surface area contributed by atoms with Crippen LogP contribution in [-0.4, -0.2) is 10.2 Å².